The summed E-state index contributed by atoms with van der Waals surface area (Å²) in [6, 6.07) is 12.1. The van der Waals surface area contributed by atoms with Crippen molar-refractivity contribution in [2.45, 2.75) is 26.4 Å². The van der Waals surface area contributed by atoms with Gasteiger partial charge in [0.2, 0.25) is 0 Å². The predicted molar refractivity (Wildman–Crippen MR) is 79.9 cm³/mol. The van der Waals surface area contributed by atoms with E-state index in [1.165, 1.54) is 6.07 Å². The summed E-state index contributed by atoms with van der Waals surface area (Å²) in [7, 11) is 0. The Kier molecular flexibility index (Phi) is 4.99. The van der Waals surface area contributed by atoms with Gasteiger partial charge in [0.15, 0.2) is 17.3 Å². The van der Waals surface area contributed by atoms with Crippen LogP contribution >= 0.6 is 11.6 Å². The Bertz CT molecular complexity index is 586. The van der Waals surface area contributed by atoms with Crippen LogP contribution in [-0.2, 0) is 6.54 Å². The van der Waals surface area contributed by atoms with E-state index in [2.05, 4.69) is 19.2 Å². The van der Waals surface area contributed by atoms with Crippen LogP contribution in [0.2, 0.25) is 5.02 Å². The molecule has 2 nitrogen and oxygen atoms in total. The summed E-state index contributed by atoms with van der Waals surface area (Å²) in [4.78, 5) is 0. The first-order valence-electron chi connectivity index (χ1n) is 6.51. The van der Waals surface area contributed by atoms with Crippen molar-refractivity contribution in [2.24, 2.45) is 0 Å². The van der Waals surface area contributed by atoms with E-state index in [-0.39, 0.29) is 5.75 Å². The number of hydrogen-bond donors (Lipinski definition) is 1. The molecule has 0 saturated heterocycles. The molecule has 4 heteroatoms. The fourth-order valence-corrected chi connectivity index (χ4v) is 1.99. The first kappa shape index (κ1) is 14.8. The topological polar surface area (TPSA) is 21.3 Å². The molecule has 0 aromatic heterocycles. The second-order valence-corrected chi connectivity index (χ2v) is 5.20. The van der Waals surface area contributed by atoms with Gasteiger partial charge in [0, 0.05) is 18.2 Å². The highest BCUT2D eigenvalue weighted by atomic mass is 35.5. The molecule has 0 radical (unpaired) electrons. The van der Waals surface area contributed by atoms with E-state index in [4.69, 9.17) is 16.3 Å². The van der Waals surface area contributed by atoms with Crippen LogP contribution in [0.25, 0.3) is 0 Å². The Hall–Kier alpha value is -1.58. The smallest absolute Gasteiger partial charge is 0.165 e. The lowest BCUT2D eigenvalue weighted by molar-refractivity contribution is 0.434. The summed E-state index contributed by atoms with van der Waals surface area (Å²) in [5.41, 5.74) is 0.898. The van der Waals surface area contributed by atoms with Crippen molar-refractivity contribution >= 4 is 11.6 Å². The molecule has 0 atom stereocenters. The highest BCUT2D eigenvalue weighted by Gasteiger charge is 2.12. The largest absolute Gasteiger partial charge is 0.452 e. The van der Waals surface area contributed by atoms with E-state index in [9.17, 15) is 4.39 Å². The minimum Gasteiger partial charge on any atom is -0.452 e. The Labute approximate surface area is 123 Å². The van der Waals surface area contributed by atoms with Crippen molar-refractivity contribution < 1.29 is 9.13 Å². The fraction of sp³-hybridized carbons (Fsp3) is 0.250. The van der Waals surface area contributed by atoms with Gasteiger partial charge in [-0.25, -0.2) is 4.39 Å². The van der Waals surface area contributed by atoms with E-state index in [0.29, 0.717) is 23.4 Å². The normalized spacial score (nSPS) is 10.8. The van der Waals surface area contributed by atoms with Crippen LogP contribution in [0.4, 0.5) is 4.39 Å². The molecule has 0 aliphatic heterocycles. The molecular formula is C16H17ClFNO. The monoisotopic (exact) mass is 293 g/mol. The Morgan fingerprint density at radius 2 is 1.90 bits per heavy atom. The lowest BCUT2D eigenvalue weighted by Gasteiger charge is -2.15. The molecule has 0 fully saturated rings. The van der Waals surface area contributed by atoms with Crippen LogP contribution in [0.5, 0.6) is 11.5 Å². The lowest BCUT2D eigenvalue weighted by Crippen LogP contribution is -2.22. The average molecular weight is 294 g/mol. The van der Waals surface area contributed by atoms with Gasteiger partial charge in [-0.05, 0) is 18.2 Å². The van der Waals surface area contributed by atoms with Crippen molar-refractivity contribution in [3.8, 4) is 11.5 Å². The maximum atomic E-state index is 13.7. The van der Waals surface area contributed by atoms with Gasteiger partial charge >= 0.3 is 0 Å². The van der Waals surface area contributed by atoms with Crippen molar-refractivity contribution in [2.75, 3.05) is 0 Å². The average Bonchev–Trinajstić information content (AvgIpc) is 2.41. The van der Waals surface area contributed by atoms with Crippen molar-refractivity contribution in [3.05, 3.63) is 58.9 Å². The number of hydrogen-bond acceptors (Lipinski definition) is 2. The molecule has 20 heavy (non-hydrogen) atoms. The Morgan fingerprint density at radius 1 is 1.15 bits per heavy atom. The SMILES string of the molecule is CC(C)NCc1cccc(Cl)c1Oc1ccccc1F. The molecule has 0 spiro atoms. The zero-order valence-electron chi connectivity index (χ0n) is 11.5. The van der Waals surface area contributed by atoms with Crippen LogP contribution in [0.3, 0.4) is 0 Å². The van der Waals surface area contributed by atoms with Gasteiger partial charge in [0.05, 0.1) is 5.02 Å². The van der Waals surface area contributed by atoms with E-state index >= 15 is 0 Å². The van der Waals surface area contributed by atoms with Crippen LogP contribution in [0, 0.1) is 5.82 Å². The molecule has 0 aliphatic rings. The third-order valence-corrected chi connectivity index (χ3v) is 3.10. The van der Waals surface area contributed by atoms with E-state index < -0.39 is 5.82 Å². The molecule has 0 bridgehead atoms. The van der Waals surface area contributed by atoms with Crippen LogP contribution in [-0.4, -0.2) is 6.04 Å². The molecule has 2 aromatic rings. The highest BCUT2D eigenvalue weighted by Crippen LogP contribution is 2.34. The molecular weight excluding hydrogens is 277 g/mol. The molecule has 0 amide bonds. The minimum atomic E-state index is -0.407. The van der Waals surface area contributed by atoms with E-state index in [1.54, 1.807) is 24.3 Å². The number of para-hydroxylation sites is 2. The molecule has 106 valence electrons. The molecule has 0 aliphatic carbocycles. The fourth-order valence-electron chi connectivity index (χ4n) is 1.76. The van der Waals surface area contributed by atoms with E-state index in [0.717, 1.165) is 5.56 Å². The second-order valence-electron chi connectivity index (χ2n) is 4.80. The number of benzene rings is 2. The molecule has 2 rings (SSSR count). The predicted octanol–water partition coefficient (Wildman–Crippen LogP) is 4.77. The lowest BCUT2D eigenvalue weighted by atomic mass is 10.2. The standard InChI is InChI=1S/C16H17ClFNO/c1-11(2)19-10-12-6-5-7-13(17)16(12)20-15-9-4-3-8-14(15)18/h3-9,11,19H,10H2,1-2H3. The second kappa shape index (κ2) is 6.73. The summed E-state index contributed by atoms with van der Waals surface area (Å²) in [6.07, 6.45) is 0. The first-order chi connectivity index (χ1) is 9.58. The maximum absolute atomic E-state index is 13.7. The van der Waals surface area contributed by atoms with Gasteiger partial charge in [-0.1, -0.05) is 49.7 Å². The summed E-state index contributed by atoms with van der Waals surface area (Å²) in [5, 5.41) is 3.77. The number of nitrogens with one attached hydrogen (secondary N) is 1. The van der Waals surface area contributed by atoms with Gasteiger partial charge in [0.25, 0.3) is 0 Å². The van der Waals surface area contributed by atoms with Crippen molar-refractivity contribution in [1.29, 1.82) is 0 Å². The van der Waals surface area contributed by atoms with Crippen molar-refractivity contribution in [3.63, 3.8) is 0 Å². The first-order valence-corrected chi connectivity index (χ1v) is 6.89. The van der Waals surface area contributed by atoms with Crippen molar-refractivity contribution in [1.82, 2.24) is 5.32 Å². The Morgan fingerprint density at radius 3 is 2.60 bits per heavy atom. The van der Waals surface area contributed by atoms with Crippen LogP contribution in [0.15, 0.2) is 42.5 Å². The van der Waals surface area contributed by atoms with Crippen LogP contribution in [0.1, 0.15) is 19.4 Å². The molecule has 0 unspecified atom stereocenters. The number of halogens is 2. The highest BCUT2D eigenvalue weighted by molar-refractivity contribution is 6.32. The quantitative estimate of drug-likeness (QED) is 0.857. The number of ether oxygens (including phenoxy) is 1. The third-order valence-electron chi connectivity index (χ3n) is 2.80. The Balaban J connectivity index is 2.28. The zero-order valence-corrected chi connectivity index (χ0v) is 12.2. The van der Waals surface area contributed by atoms with Gasteiger partial charge in [-0.3, -0.25) is 0 Å². The summed E-state index contributed by atoms with van der Waals surface area (Å²) in [5.74, 6) is 0.258. The van der Waals surface area contributed by atoms with Gasteiger partial charge in [-0.2, -0.15) is 0 Å². The van der Waals surface area contributed by atoms with E-state index in [1.807, 2.05) is 12.1 Å². The molecule has 1 N–H and O–H groups in total. The molecule has 0 heterocycles. The van der Waals surface area contributed by atoms with Crippen LogP contribution < -0.4 is 10.1 Å². The zero-order chi connectivity index (χ0) is 14.5. The minimum absolute atomic E-state index is 0.173. The number of rotatable bonds is 5. The van der Waals surface area contributed by atoms with Gasteiger partial charge in [-0.15, -0.1) is 0 Å². The molecule has 2 aromatic carbocycles. The third kappa shape index (κ3) is 3.71. The molecule has 0 saturated carbocycles. The summed E-state index contributed by atoms with van der Waals surface area (Å²) in [6.45, 7) is 4.73. The van der Waals surface area contributed by atoms with Gasteiger partial charge < -0.3 is 10.1 Å². The maximum Gasteiger partial charge on any atom is 0.165 e. The summed E-state index contributed by atoms with van der Waals surface area (Å²) < 4.78 is 19.3. The van der Waals surface area contributed by atoms with Gasteiger partial charge in [0.1, 0.15) is 0 Å². The summed E-state index contributed by atoms with van der Waals surface area (Å²) >= 11 is 6.17.